The van der Waals surface area contributed by atoms with Gasteiger partial charge in [0.05, 0.1) is 6.61 Å². The van der Waals surface area contributed by atoms with Crippen LogP contribution in [0.15, 0.2) is 0 Å². The second-order valence-corrected chi connectivity index (χ2v) is 6.07. The fraction of sp³-hybridized carbons (Fsp3) is 0.938. The van der Waals surface area contributed by atoms with Gasteiger partial charge in [-0.2, -0.15) is 0 Å². The normalized spacial score (nSPS) is 20.9. The van der Waals surface area contributed by atoms with Crippen LogP contribution in [0.25, 0.3) is 0 Å². The minimum atomic E-state index is 0.323. The van der Waals surface area contributed by atoms with Gasteiger partial charge in [0.25, 0.3) is 0 Å². The number of carbonyl (C=O) groups excluding carboxylic acids is 1. The van der Waals surface area contributed by atoms with Crippen LogP contribution in [-0.4, -0.2) is 44.2 Å². The van der Waals surface area contributed by atoms with Crippen molar-refractivity contribution in [2.75, 3.05) is 33.4 Å². The summed E-state index contributed by atoms with van der Waals surface area (Å²) >= 11 is 0. The summed E-state index contributed by atoms with van der Waals surface area (Å²) < 4.78 is 5.22. The van der Waals surface area contributed by atoms with Crippen molar-refractivity contribution in [2.45, 2.75) is 51.9 Å². The summed E-state index contributed by atoms with van der Waals surface area (Å²) in [7, 11) is 1.74. The summed E-state index contributed by atoms with van der Waals surface area (Å²) in [6.45, 7) is 5.51. The number of rotatable bonds is 9. The second-order valence-electron chi connectivity index (χ2n) is 6.07. The molecule has 2 N–H and O–H groups in total. The number of nitrogens with two attached hydrogens (primary N) is 1. The molecule has 1 aliphatic heterocycles. The van der Waals surface area contributed by atoms with Gasteiger partial charge in [0.2, 0.25) is 5.91 Å². The molecule has 2 unspecified atom stereocenters. The van der Waals surface area contributed by atoms with E-state index in [0.717, 1.165) is 45.5 Å². The fourth-order valence-corrected chi connectivity index (χ4v) is 3.23. The van der Waals surface area contributed by atoms with E-state index >= 15 is 0 Å². The van der Waals surface area contributed by atoms with E-state index in [0.29, 0.717) is 24.2 Å². The van der Waals surface area contributed by atoms with Crippen molar-refractivity contribution >= 4 is 5.91 Å². The van der Waals surface area contributed by atoms with Crippen molar-refractivity contribution in [1.82, 2.24) is 4.90 Å². The van der Waals surface area contributed by atoms with E-state index in [-0.39, 0.29) is 0 Å². The summed E-state index contributed by atoms with van der Waals surface area (Å²) in [4.78, 5) is 14.4. The van der Waals surface area contributed by atoms with E-state index in [2.05, 4.69) is 6.92 Å². The van der Waals surface area contributed by atoms with Gasteiger partial charge in [-0.15, -0.1) is 0 Å². The molecule has 0 spiro atoms. The Bertz CT molecular complexity index is 263. The molecule has 0 aliphatic carbocycles. The number of nitrogens with zero attached hydrogens (tertiary/aromatic N) is 1. The van der Waals surface area contributed by atoms with Gasteiger partial charge in [-0.25, -0.2) is 0 Å². The van der Waals surface area contributed by atoms with Gasteiger partial charge in [-0.1, -0.05) is 19.8 Å². The van der Waals surface area contributed by atoms with E-state index < -0.39 is 0 Å². The van der Waals surface area contributed by atoms with Gasteiger partial charge in [-0.3, -0.25) is 4.79 Å². The minimum Gasteiger partial charge on any atom is -0.384 e. The minimum absolute atomic E-state index is 0.323. The number of piperidine rings is 1. The first kappa shape index (κ1) is 17.4. The molecule has 20 heavy (non-hydrogen) atoms. The number of hydrogen-bond acceptors (Lipinski definition) is 3. The lowest BCUT2D eigenvalue weighted by Gasteiger charge is -2.32. The Morgan fingerprint density at radius 3 is 2.85 bits per heavy atom. The van der Waals surface area contributed by atoms with Crippen LogP contribution in [0.3, 0.4) is 0 Å². The zero-order valence-corrected chi connectivity index (χ0v) is 13.3. The summed E-state index contributed by atoms with van der Waals surface area (Å²) in [5.41, 5.74) is 5.65. The molecule has 1 amide bonds. The lowest BCUT2D eigenvalue weighted by atomic mass is 9.93. The lowest BCUT2D eigenvalue weighted by molar-refractivity contribution is -0.133. The molecule has 1 fully saturated rings. The van der Waals surface area contributed by atoms with Crippen LogP contribution in [0.2, 0.25) is 0 Å². The van der Waals surface area contributed by atoms with Crippen LogP contribution in [0, 0.1) is 11.8 Å². The highest BCUT2D eigenvalue weighted by Gasteiger charge is 2.23. The summed E-state index contributed by atoms with van der Waals surface area (Å²) in [6.07, 6.45) is 7.40. The first-order valence-corrected chi connectivity index (χ1v) is 8.18. The molecule has 2 atom stereocenters. The smallest absolute Gasteiger partial charge is 0.222 e. The first-order valence-electron chi connectivity index (χ1n) is 8.18. The van der Waals surface area contributed by atoms with E-state index in [4.69, 9.17) is 10.5 Å². The molecule has 1 saturated heterocycles. The van der Waals surface area contributed by atoms with Crippen LogP contribution in [0.1, 0.15) is 51.9 Å². The van der Waals surface area contributed by atoms with Crippen molar-refractivity contribution in [3.63, 3.8) is 0 Å². The number of ether oxygens (including phenoxy) is 1. The number of amides is 1. The third kappa shape index (κ3) is 6.23. The molecule has 118 valence electrons. The van der Waals surface area contributed by atoms with Gasteiger partial charge in [0.1, 0.15) is 0 Å². The molecule has 4 heteroatoms. The number of methoxy groups -OCH3 is 1. The van der Waals surface area contributed by atoms with Crippen LogP contribution in [0.5, 0.6) is 0 Å². The van der Waals surface area contributed by atoms with Crippen molar-refractivity contribution in [3.8, 4) is 0 Å². The SMILES string of the molecule is CCCC(CCN)CCC(=O)N1CCCC(COC)C1. The monoisotopic (exact) mass is 284 g/mol. The van der Waals surface area contributed by atoms with E-state index in [9.17, 15) is 4.79 Å². The molecule has 0 aromatic carbocycles. The quantitative estimate of drug-likeness (QED) is 0.707. The maximum absolute atomic E-state index is 12.3. The van der Waals surface area contributed by atoms with Gasteiger partial charge in [0.15, 0.2) is 0 Å². The lowest BCUT2D eigenvalue weighted by Crippen LogP contribution is -2.41. The number of carbonyl (C=O) groups is 1. The molecule has 4 nitrogen and oxygen atoms in total. The van der Waals surface area contributed by atoms with Crippen molar-refractivity contribution in [1.29, 1.82) is 0 Å². The van der Waals surface area contributed by atoms with Gasteiger partial charge < -0.3 is 15.4 Å². The fourth-order valence-electron chi connectivity index (χ4n) is 3.23. The maximum Gasteiger partial charge on any atom is 0.222 e. The molecule has 1 rings (SSSR count). The molecule has 1 heterocycles. The molecular weight excluding hydrogens is 252 g/mol. The predicted molar refractivity (Wildman–Crippen MR) is 82.5 cm³/mol. The molecular formula is C16H32N2O2. The summed E-state index contributed by atoms with van der Waals surface area (Å²) in [5, 5.41) is 0. The van der Waals surface area contributed by atoms with Gasteiger partial charge in [-0.05, 0) is 44.1 Å². The van der Waals surface area contributed by atoms with E-state index in [1.807, 2.05) is 4.90 Å². The average Bonchev–Trinajstić information content (AvgIpc) is 2.45. The number of hydrogen-bond donors (Lipinski definition) is 1. The topological polar surface area (TPSA) is 55.6 Å². The molecule has 0 saturated carbocycles. The number of likely N-dealkylation sites (tertiary alicyclic amines) is 1. The zero-order valence-electron chi connectivity index (χ0n) is 13.3. The summed E-state index contributed by atoms with van der Waals surface area (Å²) in [5.74, 6) is 1.46. The highest BCUT2D eigenvalue weighted by molar-refractivity contribution is 5.76. The molecule has 0 radical (unpaired) electrons. The Morgan fingerprint density at radius 1 is 1.40 bits per heavy atom. The average molecular weight is 284 g/mol. The summed E-state index contributed by atoms with van der Waals surface area (Å²) in [6, 6.07) is 0. The van der Waals surface area contributed by atoms with E-state index in [1.165, 1.54) is 19.3 Å². The highest BCUT2D eigenvalue weighted by Crippen LogP contribution is 2.21. The van der Waals surface area contributed by atoms with Crippen LogP contribution < -0.4 is 5.73 Å². The Kier molecular flexibility index (Phi) is 8.86. The van der Waals surface area contributed by atoms with Crippen molar-refractivity contribution < 1.29 is 9.53 Å². The van der Waals surface area contributed by atoms with Crippen LogP contribution in [-0.2, 0) is 9.53 Å². The van der Waals surface area contributed by atoms with Gasteiger partial charge in [0, 0.05) is 26.6 Å². The highest BCUT2D eigenvalue weighted by atomic mass is 16.5. The Labute approximate surface area is 124 Å². The molecule has 0 aromatic heterocycles. The zero-order chi connectivity index (χ0) is 14.8. The standard InChI is InChI=1S/C16H32N2O2/c1-3-5-14(9-10-17)7-8-16(19)18-11-4-6-15(12-18)13-20-2/h14-15H,3-13,17H2,1-2H3. The third-order valence-corrected chi connectivity index (χ3v) is 4.31. The Balaban J connectivity index is 2.33. The largest absolute Gasteiger partial charge is 0.384 e. The van der Waals surface area contributed by atoms with E-state index in [1.54, 1.807) is 7.11 Å². The van der Waals surface area contributed by atoms with Crippen LogP contribution >= 0.6 is 0 Å². The van der Waals surface area contributed by atoms with Crippen molar-refractivity contribution in [3.05, 3.63) is 0 Å². The Morgan fingerprint density at radius 2 is 2.20 bits per heavy atom. The molecule has 1 aliphatic rings. The Hall–Kier alpha value is -0.610. The van der Waals surface area contributed by atoms with Gasteiger partial charge >= 0.3 is 0 Å². The maximum atomic E-state index is 12.3. The van der Waals surface area contributed by atoms with Crippen LogP contribution in [0.4, 0.5) is 0 Å². The molecule has 0 aromatic rings. The second kappa shape index (κ2) is 10.2. The third-order valence-electron chi connectivity index (χ3n) is 4.31. The van der Waals surface area contributed by atoms with Crippen molar-refractivity contribution in [2.24, 2.45) is 17.6 Å². The molecule has 0 bridgehead atoms. The predicted octanol–water partition coefficient (Wildman–Crippen LogP) is 2.42. The first-order chi connectivity index (χ1) is 9.71.